The first-order valence-corrected chi connectivity index (χ1v) is 8.64. The number of thioether (sulfide) groups is 1. The molecule has 2 saturated carbocycles. The number of carbonyl (C=O) groups is 1. The maximum atomic E-state index is 12.3. The summed E-state index contributed by atoms with van der Waals surface area (Å²) >= 11 is 2.04. The van der Waals surface area contributed by atoms with Gasteiger partial charge in [-0.3, -0.25) is 10.1 Å². The van der Waals surface area contributed by atoms with E-state index in [-0.39, 0.29) is 11.5 Å². The molecule has 2 rings (SSSR count). The maximum Gasteiger partial charge on any atom is 0.326 e. The van der Waals surface area contributed by atoms with Crippen molar-refractivity contribution in [2.75, 3.05) is 6.61 Å². The predicted molar refractivity (Wildman–Crippen MR) is 80.5 cm³/mol. The highest BCUT2D eigenvalue weighted by Crippen LogP contribution is 2.41. The van der Waals surface area contributed by atoms with Gasteiger partial charge in [0.05, 0.1) is 6.61 Å². The lowest BCUT2D eigenvalue weighted by molar-refractivity contribution is -0.151. The van der Waals surface area contributed by atoms with E-state index >= 15 is 0 Å². The molecule has 2 fully saturated rings. The highest BCUT2D eigenvalue weighted by atomic mass is 32.2. The van der Waals surface area contributed by atoms with E-state index in [1.807, 2.05) is 18.7 Å². The normalized spacial score (nSPS) is 32.3. The van der Waals surface area contributed by atoms with Crippen molar-refractivity contribution in [3.63, 3.8) is 0 Å². The number of ether oxygens (including phenoxy) is 1. The summed E-state index contributed by atoms with van der Waals surface area (Å²) in [5, 5.41) is 4.87. The predicted octanol–water partition coefficient (Wildman–Crippen LogP) is 3.12. The zero-order valence-electron chi connectivity index (χ0n) is 12.4. The minimum absolute atomic E-state index is 0.0193. The Morgan fingerprint density at radius 1 is 1.42 bits per heavy atom. The zero-order chi connectivity index (χ0) is 13.9. The average Bonchev–Trinajstić information content (AvgIpc) is 3.10. The van der Waals surface area contributed by atoms with E-state index in [0.29, 0.717) is 23.1 Å². The van der Waals surface area contributed by atoms with Gasteiger partial charge in [-0.1, -0.05) is 13.8 Å². The molecule has 0 bridgehead atoms. The summed E-state index contributed by atoms with van der Waals surface area (Å²) in [6.07, 6.45) is 6.64. The van der Waals surface area contributed by atoms with Crippen molar-refractivity contribution in [3.8, 4) is 0 Å². The van der Waals surface area contributed by atoms with Crippen LogP contribution in [0.3, 0.4) is 0 Å². The van der Waals surface area contributed by atoms with E-state index in [2.05, 4.69) is 19.2 Å². The molecule has 0 spiro atoms. The first kappa shape index (κ1) is 15.2. The minimum Gasteiger partial charge on any atom is -0.465 e. The second-order valence-electron chi connectivity index (χ2n) is 5.94. The SMILES string of the molecule is CCOC(=O)C1(NC2CC2)CCC(SC(C)CC)C1. The number of hydrogen-bond donors (Lipinski definition) is 1. The van der Waals surface area contributed by atoms with Crippen LogP contribution in [0, 0.1) is 0 Å². The molecule has 4 heteroatoms. The summed E-state index contributed by atoms with van der Waals surface area (Å²) in [6.45, 7) is 6.89. The summed E-state index contributed by atoms with van der Waals surface area (Å²) < 4.78 is 5.33. The molecule has 0 amide bonds. The van der Waals surface area contributed by atoms with Crippen LogP contribution >= 0.6 is 11.8 Å². The van der Waals surface area contributed by atoms with Crippen molar-refractivity contribution in [1.82, 2.24) is 5.32 Å². The summed E-state index contributed by atoms with van der Waals surface area (Å²) in [5.74, 6) is -0.0193. The summed E-state index contributed by atoms with van der Waals surface area (Å²) in [7, 11) is 0. The second-order valence-corrected chi connectivity index (χ2v) is 7.68. The number of esters is 1. The molecular formula is C15H27NO2S. The van der Waals surface area contributed by atoms with Crippen molar-refractivity contribution in [2.45, 2.75) is 81.4 Å². The Bertz CT molecular complexity index is 319. The van der Waals surface area contributed by atoms with Crippen LogP contribution in [0.4, 0.5) is 0 Å². The lowest BCUT2D eigenvalue weighted by Gasteiger charge is -2.28. The van der Waals surface area contributed by atoms with Crippen LogP contribution in [-0.2, 0) is 9.53 Å². The fraction of sp³-hybridized carbons (Fsp3) is 0.933. The molecule has 3 nitrogen and oxygen atoms in total. The van der Waals surface area contributed by atoms with E-state index in [9.17, 15) is 4.79 Å². The fourth-order valence-electron chi connectivity index (χ4n) is 2.80. The molecule has 0 aliphatic heterocycles. The van der Waals surface area contributed by atoms with Crippen LogP contribution in [0.25, 0.3) is 0 Å². The van der Waals surface area contributed by atoms with Crippen molar-refractivity contribution in [3.05, 3.63) is 0 Å². The van der Waals surface area contributed by atoms with Gasteiger partial charge in [0.25, 0.3) is 0 Å². The lowest BCUT2D eigenvalue weighted by atomic mass is 9.97. The fourth-order valence-corrected chi connectivity index (χ4v) is 4.29. The molecule has 19 heavy (non-hydrogen) atoms. The smallest absolute Gasteiger partial charge is 0.326 e. The van der Waals surface area contributed by atoms with Crippen molar-refractivity contribution >= 4 is 17.7 Å². The molecule has 1 N–H and O–H groups in total. The number of carbonyl (C=O) groups excluding carboxylic acids is 1. The number of nitrogens with one attached hydrogen (secondary N) is 1. The van der Waals surface area contributed by atoms with E-state index in [0.717, 1.165) is 19.3 Å². The van der Waals surface area contributed by atoms with Crippen LogP contribution in [-0.4, -0.2) is 34.7 Å². The molecule has 0 saturated heterocycles. The van der Waals surface area contributed by atoms with Gasteiger partial charge >= 0.3 is 5.97 Å². The Hall–Kier alpha value is -0.220. The molecule has 0 aromatic carbocycles. The number of rotatable bonds is 7. The monoisotopic (exact) mass is 285 g/mol. The van der Waals surface area contributed by atoms with Crippen molar-refractivity contribution in [1.29, 1.82) is 0 Å². The van der Waals surface area contributed by atoms with E-state index < -0.39 is 0 Å². The van der Waals surface area contributed by atoms with Gasteiger partial charge in [0.15, 0.2) is 0 Å². The molecule has 0 radical (unpaired) electrons. The van der Waals surface area contributed by atoms with Crippen LogP contribution in [0.1, 0.15) is 59.3 Å². The van der Waals surface area contributed by atoms with Gasteiger partial charge in [0, 0.05) is 16.5 Å². The third-order valence-corrected chi connectivity index (χ3v) is 5.78. The molecule has 0 aromatic heterocycles. The van der Waals surface area contributed by atoms with Gasteiger partial charge in [0.2, 0.25) is 0 Å². The van der Waals surface area contributed by atoms with Gasteiger partial charge in [-0.05, 0) is 45.4 Å². The standard InChI is InChI=1S/C15H27NO2S/c1-4-11(3)19-13-8-9-15(10-13,14(17)18-5-2)16-12-6-7-12/h11-13,16H,4-10H2,1-3H3. The van der Waals surface area contributed by atoms with Crippen LogP contribution in [0.5, 0.6) is 0 Å². The zero-order valence-corrected chi connectivity index (χ0v) is 13.2. The molecule has 3 atom stereocenters. The van der Waals surface area contributed by atoms with Crippen LogP contribution in [0.15, 0.2) is 0 Å². The second kappa shape index (κ2) is 6.49. The topological polar surface area (TPSA) is 38.3 Å². The van der Waals surface area contributed by atoms with E-state index in [1.165, 1.54) is 19.3 Å². The number of hydrogen-bond acceptors (Lipinski definition) is 4. The third-order valence-electron chi connectivity index (χ3n) is 4.19. The van der Waals surface area contributed by atoms with E-state index in [4.69, 9.17) is 4.74 Å². The van der Waals surface area contributed by atoms with Crippen molar-refractivity contribution in [2.24, 2.45) is 0 Å². The van der Waals surface area contributed by atoms with Crippen molar-refractivity contribution < 1.29 is 9.53 Å². The van der Waals surface area contributed by atoms with Crippen LogP contribution < -0.4 is 5.32 Å². The summed E-state index contributed by atoms with van der Waals surface area (Å²) in [5.41, 5.74) is -0.387. The Morgan fingerprint density at radius 2 is 2.16 bits per heavy atom. The Kier molecular flexibility index (Phi) is 5.18. The lowest BCUT2D eigenvalue weighted by Crippen LogP contribution is -2.52. The quantitative estimate of drug-likeness (QED) is 0.729. The molecule has 2 aliphatic rings. The molecule has 3 unspecified atom stereocenters. The largest absolute Gasteiger partial charge is 0.465 e. The van der Waals surface area contributed by atoms with E-state index in [1.54, 1.807) is 0 Å². The van der Waals surface area contributed by atoms with Gasteiger partial charge < -0.3 is 4.74 Å². The Labute approximate surface area is 121 Å². The van der Waals surface area contributed by atoms with Gasteiger partial charge in [0.1, 0.15) is 5.54 Å². The first-order chi connectivity index (χ1) is 9.09. The Balaban J connectivity index is 1.97. The van der Waals surface area contributed by atoms with Gasteiger partial charge in [-0.25, -0.2) is 0 Å². The minimum atomic E-state index is -0.387. The Morgan fingerprint density at radius 3 is 2.74 bits per heavy atom. The highest BCUT2D eigenvalue weighted by Gasteiger charge is 2.49. The average molecular weight is 285 g/mol. The van der Waals surface area contributed by atoms with Gasteiger partial charge in [-0.2, -0.15) is 11.8 Å². The molecule has 110 valence electrons. The highest BCUT2D eigenvalue weighted by molar-refractivity contribution is 8.00. The van der Waals surface area contributed by atoms with Gasteiger partial charge in [-0.15, -0.1) is 0 Å². The molecular weight excluding hydrogens is 258 g/mol. The molecule has 0 aromatic rings. The molecule has 0 heterocycles. The van der Waals surface area contributed by atoms with Crippen LogP contribution in [0.2, 0.25) is 0 Å². The maximum absolute atomic E-state index is 12.3. The summed E-state index contributed by atoms with van der Waals surface area (Å²) in [4.78, 5) is 12.3. The third kappa shape index (κ3) is 3.88. The summed E-state index contributed by atoms with van der Waals surface area (Å²) in [6, 6.07) is 0.553. The molecule has 2 aliphatic carbocycles. The first-order valence-electron chi connectivity index (χ1n) is 7.70.